The molecule has 1 saturated heterocycles. The van der Waals surface area contributed by atoms with Gasteiger partial charge in [0.15, 0.2) is 0 Å². The number of hydrogen-bond acceptors (Lipinski definition) is 4. The molecule has 2 aromatic carbocycles. The van der Waals surface area contributed by atoms with Gasteiger partial charge in [0.25, 0.3) is 0 Å². The largest absolute Gasteiger partial charge is 0.494 e. The number of carboxylic acids is 1. The second-order valence-corrected chi connectivity index (χ2v) is 7.67. The number of rotatable bonds is 7. The van der Waals surface area contributed by atoms with E-state index in [2.05, 4.69) is 29.2 Å². The molecule has 0 saturated carbocycles. The van der Waals surface area contributed by atoms with Crippen molar-refractivity contribution in [3.63, 3.8) is 0 Å². The summed E-state index contributed by atoms with van der Waals surface area (Å²) in [6, 6.07) is 13.1. The SMILES string of the molecule is CCOc1ccc(Cl)cc1C(c1ccc(N(C)C)cc1)N1CCCC1C(=O)O. The molecule has 5 nitrogen and oxygen atoms in total. The van der Waals surface area contributed by atoms with Crippen LogP contribution in [0.5, 0.6) is 5.75 Å². The van der Waals surface area contributed by atoms with Crippen LogP contribution in [0.2, 0.25) is 5.02 Å². The van der Waals surface area contributed by atoms with Gasteiger partial charge in [0.05, 0.1) is 12.6 Å². The number of anilines is 1. The molecule has 1 aliphatic rings. The second kappa shape index (κ2) is 8.84. The number of nitrogens with zero attached hydrogens (tertiary/aromatic N) is 2. The molecular formula is C22H27ClN2O3. The van der Waals surface area contributed by atoms with Crippen LogP contribution in [-0.2, 0) is 4.79 Å². The first-order chi connectivity index (χ1) is 13.4. The average molecular weight is 403 g/mol. The van der Waals surface area contributed by atoms with Gasteiger partial charge in [-0.2, -0.15) is 0 Å². The maximum Gasteiger partial charge on any atom is 0.320 e. The van der Waals surface area contributed by atoms with E-state index in [0.29, 0.717) is 18.1 Å². The quantitative estimate of drug-likeness (QED) is 0.741. The number of carbonyl (C=O) groups is 1. The van der Waals surface area contributed by atoms with Gasteiger partial charge in [0.2, 0.25) is 0 Å². The first-order valence-corrected chi connectivity index (χ1v) is 9.98. The highest BCUT2D eigenvalue weighted by atomic mass is 35.5. The molecule has 2 unspecified atom stereocenters. The highest BCUT2D eigenvalue weighted by Crippen LogP contribution is 2.40. The molecule has 1 heterocycles. The van der Waals surface area contributed by atoms with Crippen LogP contribution in [0.1, 0.15) is 36.9 Å². The Morgan fingerprint density at radius 2 is 2.00 bits per heavy atom. The highest BCUT2D eigenvalue weighted by Gasteiger charge is 2.38. The van der Waals surface area contributed by atoms with Gasteiger partial charge in [-0.3, -0.25) is 9.69 Å². The second-order valence-electron chi connectivity index (χ2n) is 7.24. The lowest BCUT2D eigenvalue weighted by atomic mass is 9.95. The van der Waals surface area contributed by atoms with E-state index in [1.54, 1.807) is 6.07 Å². The van der Waals surface area contributed by atoms with E-state index in [0.717, 1.165) is 35.5 Å². The Balaban J connectivity index is 2.12. The van der Waals surface area contributed by atoms with Gasteiger partial charge in [0, 0.05) is 36.9 Å². The maximum absolute atomic E-state index is 11.9. The van der Waals surface area contributed by atoms with Crippen molar-refractivity contribution in [2.24, 2.45) is 0 Å². The Morgan fingerprint density at radius 3 is 2.61 bits per heavy atom. The molecule has 2 aromatic rings. The van der Waals surface area contributed by atoms with Crippen molar-refractivity contribution in [1.29, 1.82) is 0 Å². The Morgan fingerprint density at radius 1 is 1.29 bits per heavy atom. The van der Waals surface area contributed by atoms with Crippen LogP contribution in [0, 0.1) is 0 Å². The van der Waals surface area contributed by atoms with E-state index in [-0.39, 0.29) is 6.04 Å². The zero-order chi connectivity index (χ0) is 20.3. The summed E-state index contributed by atoms with van der Waals surface area (Å²) in [6.45, 7) is 3.19. The fraction of sp³-hybridized carbons (Fsp3) is 0.409. The van der Waals surface area contributed by atoms with Crippen molar-refractivity contribution in [3.8, 4) is 5.75 Å². The van der Waals surface area contributed by atoms with Gasteiger partial charge >= 0.3 is 5.97 Å². The molecule has 0 amide bonds. The molecule has 1 aliphatic heterocycles. The first-order valence-electron chi connectivity index (χ1n) is 9.60. The van der Waals surface area contributed by atoms with Gasteiger partial charge in [-0.1, -0.05) is 23.7 Å². The third kappa shape index (κ3) is 4.26. The van der Waals surface area contributed by atoms with Gasteiger partial charge in [-0.15, -0.1) is 0 Å². The summed E-state index contributed by atoms with van der Waals surface area (Å²) < 4.78 is 5.87. The van der Waals surface area contributed by atoms with E-state index in [1.165, 1.54) is 0 Å². The van der Waals surface area contributed by atoms with Crippen molar-refractivity contribution < 1.29 is 14.6 Å². The minimum atomic E-state index is -0.785. The normalized spacial score (nSPS) is 18.1. The molecule has 1 N–H and O–H groups in total. The highest BCUT2D eigenvalue weighted by molar-refractivity contribution is 6.30. The standard InChI is InChI=1S/C22H27ClN2O3/c1-4-28-20-12-9-16(23)14-18(20)21(25-13-5-6-19(25)22(26)27)15-7-10-17(11-8-15)24(2)3/h7-12,14,19,21H,4-6,13H2,1-3H3,(H,26,27). The smallest absolute Gasteiger partial charge is 0.320 e. The number of carboxylic acid groups (broad SMARTS) is 1. The average Bonchev–Trinajstić information content (AvgIpc) is 3.14. The van der Waals surface area contributed by atoms with Gasteiger partial charge < -0.3 is 14.7 Å². The van der Waals surface area contributed by atoms with Crippen molar-refractivity contribution >= 4 is 23.3 Å². The maximum atomic E-state index is 11.9. The molecule has 0 spiro atoms. The summed E-state index contributed by atoms with van der Waals surface area (Å²) in [5.74, 6) is -0.0444. The Hall–Kier alpha value is -2.24. The number of hydrogen-bond donors (Lipinski definition) is 1. The summed E-state index contributed by atoms with van der Waals surface area (Å²) in [4.78, 5) is 16.0. The molecule has 2 atom stereocenters. The Kier molecular flexibility index (Phi) is 6.47. The summed E-state index contributed by atoms with van der Waals surface area (Å²) in [6.07, 6.45) is 1.50. The molecule has 150 valence electrons. The topological polar surface area (TPSA) is 53.0 Å². The molecule has 6 heteroatoms. The summed E-state index contributed by atoms with van der Waals surface area (Å²) in [5.41, 5.74) is 3.02. The van der Waals surface area contributed by atoms with Crippen molar-refractivity contribution in [2.75, 3.05) is 32.1 Å². The first kappa shape index (κ1) is 20.5. The van der Waals surface area contributed by atoms with E-state index >= 15 is 0 Å². The van der Waals surface area contributed by atoms with E-state index in [1.807, 2.05) is 38.1 Å². The van der Waals surface area contributed by atoms with Crippen molar-refractivity contribution in [3.05, 3.63) is 58.6 Å². The zero-order valence-corrected chi connectivity index (χ0v) is 17.3. The molecule has 0 aliphatic carbocycles. The summed E-state index contributed by atoms with van der Waals surface area (Å²) >= 11 is 6.32. The predicted octanol–water partition coefficient (Wildman–Crippen LogP) is 4.44. The molecule has 1 fully saturated rings. The molecule has 0 bridgehead atoms. The Labute approximate surface area is 171 Å². The van der Waals surface area contributed by atoms with Gasteiger partial charge in [-0.05, 0) is 55.7 Å². The van der Waals surface area contributed by atoms with E-state index < -0.39 is 12.0 Å². The Bertz CT molecular complexity index is 823. The lowest BCUT2D eigenvalue weighted by molar-refractivity contribution is -0.142. The van der Waals surface area contributed by atoms with Gasteiger partial charge in [0.1, 0.15) is 11.8 Å². The van der Waals surface area contributed by atoms with Crippen LogP contribution in [0.25, 0.3) is 0 Å². The van der Waals surface area contributed by atoms with E-state index in [4.69, 9.17) is 16.3 Å². The van der Waals surface area contributed by atoms with Gasteiger partial charge in [-0.25, -0.2) is 0 Å². The van der Waals surface area contributed by atoms with Crippen LogP contribution in [-0.4, -0.2) is 49.3 Å². The number of benzene rings is 2. The minimum Gasteiger partial charge on any atom is -0.494 e. The van der Waals surface area contributed by atoms with Crippen LogP contribution in [0.4, 0.5) is 5.69 Å². The van der Waals surface area contributed by atoms with Crippen LogP contribution < -0.4 is 9.64 Å². The number of ether oxygens (including phenoxy) is 1. The van der Waals surface area contributed by atoms with Crippen LogP contribution >= 0.6 is 11.6 Å². The number of likely N-dealkylation sites (tertiary alicyclic amines) is 1. The number of aliphatic carboxylic acids is 1. The lowest BCUT2D eigenvalue weighted by Crippen LogP contribution is -2.39. The van der Waals surface area contributed by atoms with E-state index in [9.17, 15) is 9.90 Å². The summed E-state index contributed by atoms with van der Waals surface area (Å²) in [5, 5.41) is 10.4. The summed E-state index contributed by atoms with van der Waals surface area (Å²) in [7, 11) is 4.00. The number of halogens is 1. The zero-order valence-electron chi connectivity index (χ0n) is 16.6. The molecule has 28 heavy (non-hydrogen) atoms. The predicted molar refractivity (Wildman–Crippen MR) is 113 cm³/mol. The monoisotopic (exact) mass is 402 g/mol. The molecule has 3 rings (SSSR count). The fourth-order valence-electron chi connectivity index (χ4n) is 3.89. The minimum absolute atomic E-state index is 0.236. The molecule has 0 radical (unpaired) electrons. The van der Waals surface area contributed by atoms with Crippen LogP contribution in [0.3, 0.4) is 0 Å². The van der Waals surface area contributed by atoms with Crippen molar-refractivity contribution in [1.82, 2.24) is 4.90 Å². The molecular weight excluding hydrogens is 376 g/mol. The fourth-order valence-corrected chi connectivity index (χ4v) is 4.07. The lowest BCUT2D eigenvalue weighted by Gasteiger charge is -2.33. The molecule has 0 aromatic heterocycles. The third-order valence-corrected chi connectivity index (χ3v) is 5.44. The van der Waals surface area contributed by atoms with Crippen LogP contribution in [0.15, 0.2) is 42.5 Å². The third-order valence-electron chi connectivity index (χ3n) is 5.20. The van der Waals surface area contributed by atoms with Crippen molar-refractivity contribution in [2.45, 2.75) is 31.8 Å².